The van der Waals surface area contributed by atoms with Gasteiger partial charge < -0.3 is 10.6 Å². The Morgan fingerprint density at radius 2 is 2.41 bits per heavy atom. The zero-order valence-electron chi connectivity index (χ0n) is 9.83. The Bertz CT molecular complexity index is 457. The fraction of sp³-hybridized carbons (Fsp3) is 0.800. The molecule has 1 saturated carbocycles. The second-order valence-electron chi connectivity index (χ2n) is 5.09. The van der Waals surface area contributed by atoms with Gasteiger partial charge in [0.1, 0.15) is 0 Å². The molecule has 2 aliphatic rings. The highest BCUT2D eigenvalue weighted by molar-refractivity contribution is 5.83. The van der Waals surface area contributed by atoms with Crippen molar-refractivity contribution in [2.75, 3.05) is 18.0 Å². The number of hydrogen-bond donors (Lipinski definition) is 1. The fourth-order valence-corrected chi connectivity index (χ4v) is 3.34. The minimum Gasteiger partial charge on any atom is -0.369 e. The van der Waals surface area contributed by atoms with Crippen molar-refractivity contribution < 1.29 is 4.79 Å². The van der Waals surface area contributed by atoms with E-state index < -0.39 is 0 Å². The largest absolute Gasteiger partial charge is 0.369 e. The molecule has 1 amide bonds. The molecule has 0 bridgehead atoms. The van der Waals surface area contributed by atoms with E-state index >= 15 is 0 Å². The summed E-state index contributed by atoms with van der Waals surface area (Å²) in [7, 11) is 1.81. The van der Waals surface area contributed by atoms with Crippen LogP contribution in [-0.2, 0) is 11.8 Å². The average molecular weight is 236 g/mol. The maximum Gasteiger partial charge on any atom is 0.245 e. The van der Waals surface area contributed by atoms with Crippen LogP contribution < -0.4 is 10.6 Å². The molecule has 0 aromatic carbocycles. The van der Waals surface area contributed by atoms with Gasteiger partial charge in [-0.05, 0) is 29.2 Å². The minimum atomic E-state index is -0.355. The number of aromatic nitrogens is 4. The number of rotatable bonds is 2. The highest BCUT2D eigenvalue weighted by atomic mass is 16.1. The molecule has 7 nitrogen and oxygen atoms in total. The summed E-state index contributed by atoms with van der Waals surface area (Å²) in [4.78, 5) is 13.8. The first kappa shape index (κ1) is 10.5. The zero-order valence-corrected chi connectivity index (χ0v) is 9.83. The van der Waals surface area contributed by atoms with Crippen molar-refractivity contribution in [3.63, 3.8) is 0 Å². The topological polar surface area (TPSA) is 89.9 Å². The van der Waals surface area contributed by atoms with Crippen LogP contribution >= 0.6 is 0 Å². The molecule has 92 valence electrons. The van der Waals surface area contributed by atoms with E-state index in [1.165, 1.54) is 0 Å². The van der Waals surface area contributed by atoms with E-state index in [1.54, 1.807) is 11.7 Å². The number of fused-ring (bicyclic) bond motifs is 1. The van der Waals surface area contributed by atoms with Crippen molar-refractivity contribution in [1.82, 2.24) is 20.2 Å². The SMILES string of the molecule is Cn1nnnc1N1C[C@@H]2CCC[C@]2(C(N)=O)C1. The van der Waals surface area contributed by atoms with Crippen LogP contribution in [0.15, 0.2) is 0 Å². The molecule has 3 rings (SSSR count). The van der Waals surface area contributed by atoms with Gasteiger partial charge in [-0.3, -0.25) is 4.79 Å². The van der Waals surface area contributed by atoms with Gasteiger partial charge in [0.15, 0.2) is 0 Å². The van der Waals surface area contributed by atoms with Gasteiger partial charge in [0.25, 0.3) is 0 Å². The van der Waals surface area contributed by atoms with Crippen molar-refractivity contribution in [1.29, 1.82) is 0 Å². The Morgan fingerprint density at radius 1 is 1.59 bits per heavy atom. The molecular weight excluding hydrogens is 220 g/mol. The third kappa shape index (κ3) is 1.34. The van der Waals surface area contributed by atoms with E-state index in [0.717, 1.165) is 31.8 Å². The molecule has 2 N–H and O–H groups in total. The Labute approximate surface area is 98.9 Å². The molecule has 1 aromatic rings. The van der Waals surface area contributed by atoms with Crippen molar-refractivity contribution >= 4 is 11.9 Å². The van der Waals surface area contributed by atoms with E-state index in [9.17, 15) is 4.79 Å². The van der Waals surface area contributed by atoms with E-state index in [2.05, 4.69) is 20.4 Å². The highest BCUT2D eigenvalue weighted by Crippen LogP contribution is 2.49. The van der Waals surface area contributed by atoms with Gasteiger partial charge in [0.05, 0.1) is 5.41 Å². The van der Waals surface area contributed by atoms with Crippen molar-refractivity contribution in [2.24, 2.45) is 24.1 Å². The summed E-state index contributed by atoms with van der Waals surface area (Å²) in [6.45, 7) is 1.48. The normalized spacial score (nSPS) is 31.8. The third-order valence-corrected chi connectivity index (χ3v) is 4.24. The average Bonchev–Trinajstić information content (AvgIpc) is 2.88. The molecule has 1 aliphatic heterocycles. The van der Waals surface area contributed by atoms with Gasteiger partial charge in [-0.2, -0.15) is 0 Å². The number of amides is 1. The molecule has 2 heterocycles. The summed E-state index contributed by atoms with van der Waals surface area (Å²) < 4.78 is 1.63. The first-order valence-electron chi connectivity index (χ1n) is 5.91. The highest BCUT2D eigenvalue weighted by Gasteiger charge is 2.54. The van der Waals surface area contributed by atoms with E-state index in [-0.39, 0.29) is 11.3 Å². The van der Waals surface area contributed by atoms with Crippen LogP contribution in [0.5, 0.6) is 0 Å². The second kappa shape index (κ2) is 3.41. The van der Waals surface area contributed by atoms with Crippen LogP contribution in [-0.4, -0.2) is 39.2 Å². The number of primary amides is 1. The number of tetrazole rings is 1. The number of carbonyl (C=O) groups is 1. The molecular formula is C10H16N6O. The van der Waals surface area contributed by atoms with Crippen LogP contribution in [0.3, 0.4) is 0 Å². The minimum absolute atomic E-state index is 0.169. The summed E-state index contributed by atoms with van der Waals surface area (Å²) in [6.07, 6.45) is 3.07. The summed E-state index contributed by atoms with van der Waals surface area (Å²) in [5.41, 5.74) is 5.25. The molecule has 0 radical (unpaired) electrons. The number of aryl methyl sites for hydroxylation is 1. The fourth-order valence-electron chi connectivity index (χ4n) is 3.34. The summed E-state index contributed by atoms with van der Waals surface area (Å²) in [5, 5.41) is 11.4. The molecule has 0 unspecified atom stereocenters. The Morgan fingerprint density at radius 3 is 3.00 bits per heavy atom. The van der Waals surface area contributed by atoms with Crippen LogP contribution in [0, 0.1) is 11.3 Å². The van der Waals surface area contributed by atoms with Crippen LogP contribution in [0.1, 0.15) is 19.3 Å². The molecule has 1 aromatic heterocycles. The second-order valence-corrected chi connectivity index (χ2v) is 5.09. The summed E-state index contributed by atoms with van der Waals surface area (Å²) >= 11 is 0. The van der Waals surface area contributed by atoms with Gasteiger partial charge in [-0.1, -0.05) is 11.5 Å². The molecule has 2 fully saturated rings. The number of anilines is 1. The number of nitrogens with zero attached hydrogens (tertiary/aromatic N) is 5. The molecule has 1 saturated heterocycles. The number of hydrogen-bond acceptors (Lipinski definition) is 5. The first-order valence-corrected chi connectivity index (χ1v) is 5.91. The molecule has 17 heavy (non-hydrogen) atoms. The Kier molecular flexibility index (Phi) is 2.11. The number of carbonyl (C=O) groups excluding carboxylic acids is 1. The van der Waals surface area contributed by atoms with Crippen LogP contribution in [0.25, 0.3) is 0 Å². The Balaban J connectivity index is 1.90. The smallest absolute Gasteiger partial charge is 0.245 e. The molecule has 0 spiro atoms. The van der Waals surface area contributed by atoms with Crippen LogP contribution in [0.2, 0.25) is 0 Å². The standard InChI is InChI=1S/C10H16N6O/c1-15-9(12-13-14-15)16-5-7-3-2-4-10(7,6-16)8(11)17/h7H,2-6H2,1H3,(H2,11,17)/t7-,10-/m0/s1. The lowest BCUT2D eigenvalue weighted by atomic mass is 9.80. The molecule has 1 aliphatic carbocycles. The molecule has 7 heteroatoms. The quantitative estimate of drug-likeness (QED) is 0.733. The monoisotopic (exact) mass is 236 g/mol. The van der Waals surface area contributed by atoms with Crippen molar-refractivity contribution in [2.45, 2.75) is 19.3 Å². The summed E-state index contributed by atoms with van der Waals surface area (Å²) in [6, 6.07) is 0. The van der Waals surface area contributed by atoms with Gasteiger partial charge in [0.2, 0.25) is 11.9 Å². The van der Waals surface area contributed by atoms with Crippen molar-refractivity contribution in [3.05, 3.63) is 0 Å². The summed E-state index contributed by atoms with van der Waals surface area (Å²) in [5.74, 6) is 0.911. The predicted molar refractivity (Wildman–Crippen MR) is 60.0 cm³/mol. The Hall–Kier alpha value is -1.66. The van der Waals surface area contributed by atoms with Gasteiger partial charge in [0, 0.05) is 20.1 Å². The van der Waals surface area contributed by atoms with Crippen molar-refractivity contribution in [3.8, 4) is 0 Å². The van der Waals surface area contributed by atoms with Crippen LogP contribution in [0.4, 0.5) is 5.95 Å². The van der Waals surface area contributed by atoms with E-state index in [1.807, 2.05) is 0 Å². The number of nitrogens with two attached hydrogens (primary N) is 1. The van der Waals surface area contributed by atoms with E-state index in [0.29, 0.717) is 12.5 Å². The molecule has 2 atom stereocenters. The first-order chi connectivity index (χ1) is 8.13. The lowest BCUT2D eigenvalue weighted by Gasteiger charge is -2.24. The van der Waals surface area contributed by atoms with Gasteiger partial charge in [-0.25, -0.2) is 4.68 Å². The van der Waals surface area contributed by atoms with Gasteiger partial charge in [-0.15, -0.1) is 0 Å². The maximum absolute atomic E-state index is 11.7. The lowest BCUT2D eigenvalue weighted by molar-refractivity contribution is -0.127. The van der Waals surface area contributed by atoms with Gasteiger partial charge >= 0.3 is 0 Å². The lowest BCUT2D eigenvalue weighted by Crippen LogP contribution is -2.41. The third-order valence-electron chi connectivity index (χ3n) is 4.24. The maximum atomic E-state index is 11.7. The van der Waals surface area contributed by atoms with E-state index in [4.69, 9.17) is 5.73 Å². The zero-order chi connectivity index (χ0) is 12.0. The predicted octanol–water partition coefficient (Wildman–Crippen LogP) is -0.698.